The van der Waals surface area contributed by atoms with Gasteiger partial charge in [0.1, 0.15) is 0 Å². The molecule has 1 fully saturated rings. The molecule has 0 spiro atoms. The quantitative estimate of drug-likeness (QED) is 0.756. The van der Waals surface area contributed by atoms with Crippen molar-refractivity contribution in [3.63, 3.8) is 0 Å². The van der Waals surface area contributed by atoms with Crippen molar-refractivity contribution in [3.8, 4) is 0 Å². The van der Waals surface area contributed by atoms with Crippen LogP contribution in [0.4, 0.5) is 0 Å². The molecule has 0 radical (unpaired) electrons. The molecule has 1 aliphatic rings. The Labute approximate surface area is 101 Å². The van der Waals surface area contributed by atoms with Crippen LogP contribution in [-0.2, 0) is 0 Å². The normalized spacial score (nSPS) is 22.3. The topological polar surface area (TPSA) is 32.3 Å². The van der Waals surface area contributed by atoms with Gasteiger partial charge in [-0.1, -0.05) is 25.7 Å². The van der Waals surface area contributed by atoms with Crippen LogP contribution in [0.1, 0.15) is 66.2 Å². The van der Waals surface area contributed by atoms with Crippen LogP contribution < -0.4 is 5.32 Å². The molecule has 2 heteroatoms. The van der Waals surface area contributed by atoms with Crippen molar-refractivity contribution in [3.05, 3.63) is 0 Å². The van der Waals surface area contributed by atoms with Crippen molar-refractivity contribution < 1.29 is 5.11 Å². The molecule has 0 amide bonds. The highest BCUT2D eigenvalue weighted by Crippen LogP contribution is 2.32. The first-order chi connectivity index (χ1) is 7.29. The molecule has 2 nitrogen and oxygen atoms in total. The second-order valence-corrected chi connectivity index (χ2v) is 6.78. The van der Waals surface area contributed by atoms with Crippen LogP contribution in [-0.4, -0.2) is 22.8 Å². The van der Waals surface area contributed by atoms with Crippen LogP contribution in [0, 0.1) is 5.92 Å². The Bertz CT molecular complexity index is 199. The Hall–Kier alpha value is -0.0800. The summed E-state index contributed by atoms with van der Waals surface area (Å²) < 4.78 is 0. The summed E-state index contributed by atoms with van der Waals surface area (Å²) in [6.45, 7) is 9.40. The number of hydrogen-bond acceptors (Lipinski definition) is 2. The Balaban J connectivity index is 2.22. The van der Waals surface area contributed by atoms with Crippen molar-refractivity contribution in [1.82, 2.24) is 5.32 Å². The van der Waals surface area contributed by atoms with E-state index in [1.165, 1.54) is 25.7 Å². The van der Waals surface area contributed by atoms with Crippen molar-refractivity contribution in [1.29, 1.82) is 0 Å². The first-order valence-corrected chi connectivity index (χ1v) is 6.76. The molecule has 1 aliphatic carbocycles. The zero-order valence-corrected chi connectivity index (χ0v) is 11.5. The number of rotatable bonds is 5. The lowest BCUT2D eigenvalue weighted by Crippen LogP contribution is -2.40. The molecule has 0 aromatic carbocycles. The molecule has 96 valence electrons. The zero-order chi connectivity index (χ0) is 12.2. The maximum Gasteiger partial charge on any atom is 0.0634 e. The molecule has 16 heavy (non-hydrogen) atoms. The monoisotopic (exact) mass is 227 g/mol. The smallest absolute Gasteiger partial charge is 0.0634 e. The van der Waals surface area contributed by atoms with Gasteiger partial charge in [-0.3, -0.25) is 0 Å². The van der Waals surface area contributed by atoms with E-state index in [9.17, 15) is 5.11 Å². The molecule has 0 aromatic heterocycles. The van der Waals surface area contributed by atoms with Gasteiger partial charge in [0.05, 0.1) is 5.60 Å². The predicted octanol–water partition coefficient (Wildman–Crippen LogP) is 3.10. The molecule has 0 heterocycles. The van der Waals surface area contributed by atoms with E-state index in [0.29, 0.717) is 0 Å². The molecule has 1 unspecified atom stereocenters. The van der Waals surface area contributed by atoms with Gasteiger partial charge in [0, 0.05) is 5.54 Å². The molecular formula is C14H29NO. The Morgan fingerprint density at radius 3 is 2.19 bits per heavy atom. The third-order valence-electron chi connectivity index (χ3n) is 3.52. The van der Waals surface area contributed by atoms with E-state index in [-0.39, 0.29) is 5.54 Å². The van der Waals surface area contributed by atoms with Gasteiger partial charge in [-0.2, -0.15) is 0 Å². The summed E-state index contributed by atoms with van der Waals surface area (Å²) in [4.78, 5) is 0. The summed E-state index contributed by atoms with van der Waals surface area (Å²) in [5.41, 5.74) is -0.323. The molecule has 1 atom stereocenters. The first-order valence-electron chi connectivity index (χ1n) is 6.76. The molecule has 0 aliphatic heterocycles. The minimum absolute atomic E-state index is 0.156. The summed E-state index contributed by atoms with van der Waals surface area (Å²) in [7, 11) is 0. The van der Waals surface area contributed by atoms with E-state index in [1.54, 1.807) is 0 Å². The van der Waals surface area contributed by atoms with E-state index < -0.39 is 5.60 Å². The highest BCUT2D eigenvalue weighted by atomic mass is 16.3. The number of aliphatic hydroxyl groups is 1. The van der Waals surface area contributed by atoms with Gasteiger partial charge in [-0.15, -0.1) is 0 Å². The van der Waals surface area contributed by atoms with E-state index in [2.05, 4.69) is 26.1 Å². The van der Waals surface area contributed by atoms with Crippen LogP contribution in [0.2, 0.25) is 0 Å². The second-order valence-electron chi connectivity index (χ2n) is 6.78. The van der Waals surface area contributed by atoms with Crippen molar-refractivity contribution in [2.45, 2.75) is 77.4 Å². The van der Waals surface area contributed by atoms with E-state index in [1.807, 2.05) is 6.92 Å². The van der Waals surface area contributed by atoms with Gasteiger partial charge in [0.25, 0.3) is 0 Å². The van der Waals surface area contributed by atoms with Crippen LogP contribution in [0.5, 0.6) is 0 Å². The van der Waals surface area contributed by atoms with Crippen molar-refractivity contribution >= 4 is 0 Å². The minimum Gasteiger partial charge on any atom is -0.390 e. The zero-order valence-electron chi connectivity index (χ0n) is 11.5. The summed E-state index contributed by atoms with van der Waals surface area (Å²) >= 11 is 0. The molecular weight excluding hydrogens is 198 g/mol. The van der Waals surface area contributed by atoms with E-state index in [4.69, 9.17) is 0 Å². The lowest BCUT2D eigenvalue weighted by molar-refractivity contribution is 0.0252. The third kappa shape index (κ3) is 5.86. The Kier molecular flexibility index (Phi) is 4.81. The first kappa shape index (κ1) is 14.0. The van der Waals surface area contributed by atoms with Crippen LogP contribution in [0.15, 0.2) is 0 Å². The van der Waals surface area contributed by atoms with Crippen LogP contribution in [0.3, 0.4) is 0 Å². The summed E-state index contributed by atoms with van der Waals surface area (Å²) in [6, 6.07) is 0. The molecule has 0 bridgehead atoms. The van der Waals surface area contributed by atoms with Crippen LogP contribution in [0.25, 0.3) is 0 Å². The van der Waals surface area contributed by atoms with Crippen molar-refractivity contribution in [2.75, 3.05) is 6.54 Å². The lowest BCUT2D eigenvalue weighted by atomic mass is 9.88. The molecule has 1 saturated carbocycles. The predicted molar refractivity (Wildman–Crippen MR) is 69.6 cm³/mol. The maximum absolute atomic E-state index is 10.3. The third-order valence-corrected chi connectivity index (χ3v) is 3.52. The van der Waals surface area contributed by atoms with E-state index in [0.717, 1.165) is 25.3 Å². The minimum atomic E-state index is -0.479. The van der Waals surface area contributed by atoms with E-state index >= 15 is 0 Å². The fourth-order valence-electron chi connectivity index (χ4n) is 2.65. The largest absolute Gasteiger partial charge is 0.390 e. The second kappa shape index (κ2) is 5.50. The average Bonchev–Trinajstić information content (AvgIpc) is 2.52. The van der Waals surface area contributed by atoms with Gasteiger partial charge in [-0.05, 0) is 53.0 Å². The van der Waals surface area contributed by atoms with Gasteiger partial charge in [0.2, 0.25) is 0 Å². The molecule has 0 saturated heterocycles. The lowest BCUT2D eigenvalue weighted by Gasteiger charge is -2.29. The number of nitrogens with one attached hydrogen (secondary N) is 1. The fraction of sp³-hybridized carbons (Fsp3) is 1.00. The summed E-state index contributed by atoms with van der Waals surface area (Å²) in [5.74, 6) is 0.768. The molecule has 1 rings (SSSR count). The van der Waals surface area contributed by atoms with Gasteiger partial charge >= 0.3 is 0 Å². The highest BCUT2D eigenvalue weighted by Gasteiger charge is 2.27. The van der Waals surface area contributed by atoms with Gasteiger partial charge in [0.15, 0.2) is 0 Å². The Morgan fingerprint density at radius 2 is 1.69 bits per heavy atom. The van der Waals surface area contributed by atoms with Gasteiger partial charge in [-0.25, -0.2) is 0 Å². The van der Waals surface area contributed by atoms with Gasteiger partial charge < -0.3 is 10.4 Å². The Morgan fingerprint density at radius 1 is 1.12 bits per heavy atom. The highest BCUT2D eigenvalue weighted by molar-refractivity contribution is 4.81. The molecule has 0 aromatic rings. The standard InChI is InChI=1S/C14H29NO/c1-13(2,3)15-10-9-14(4,16)11-12-7-5-6-8-12/h12,15-16H,5-11H2,1-4H3. The number of hydrogen-bond donors (Lipinski definition) is 2. The van der Waals surface area contributed by atoms with Crippen LogP contribution >= 0.6 is 0 Å². The average molecular weight is 227 g/mol. The molecule has 2 N–H and O–H groups in total. The maximum atomic E-state index is 10.3. The SMILES string of the molecule is CC(O)(CCNC(C)(C)C)CC1CCCC1. The van der Waals surface area contributed by atoms with Crippen molar-refractivity contribution in [2.24, 2.45) is 5.92 Å². The summed E-state index contributed by atoms with van der Waals surface area (Å²) in [5, 5.41) is 13.8. The fourth-order valence-corrected chi connectivity index (χ4v) is 2.65. The summed E-state index contributed by atoms with van der Waals surface area (Å²) in [6.07, 6.45) is 7.22.